The quantitative estimate of drug-likeness (QED) is 0.344. The number of pyridine rings is 1. The number of hydrogen-bond donors (Lipinski definition) is 4. The van der Waals surface area contributed by atoms with Crippen molar-refractivity contribution in [2.24, 2.45) is 5.73 Å². The molecule has 34 heavy (non-hydrogen) atoms. The zero-order valence-corrected chi connectivity index (χ0v) is 19.3. The second-order valence-corrected chi connectivity index (χ2v) is 10.6. The van der Waals surface area contributed by atoms with Gasteiger partial charge in [-0.3, -0.25) is 9.11 Å². The van der Waals surface area contributed by atoms with E-state index < -0.39 is 35.5 Å². The standard InChI is InChI=1S/C23H26F4N4O2S/c1-15-6-7-18-17(10-15)19(29-14-23(26,27)22(24,25)13-28)11-21(30-18)31-8-9-34(32,33)20-5-3-2-4-16(20)12-31/h2-7,10-11,32-33H,8-9,12-14,28H2,1H3,(H,29,30). The SMILES string of the molecule is Cc1ccc2nc(N3CCS(O)(O)c4ccccc4C3)cc(NCC(F)(F)C(F)(F)CN)c2c1. The highest BCUT2D eigenvalue weighted by molar-refractivity contribution is 8.24. The Bertz CT molecular complexity index is 1210. The second-order valence-electron chi connectivity index (χ2n) is 8.42. The molecule has 0 aliphatic carbocycles. The van der Waals surface area contributed by atoms with Crippen molar-refractivity contribution in [3.8, 4) is 0 Å². The van der Waals surface area contributed by atoms with Crippen LogP contribution in [0.25, 0.3) is 10.9 Å². The van der Waals surface area contributed by atoms with Gasteiger partial charge in [-0.2, -0.15) is 28.2 Å². The van der Waals surface area contributed by atoms with Crippen molar-refractivity contribution in [1.82, 2.24) is 4.98 Å². The third kappa shape index (κ3) is 4.65. The molecule has 2 aromatic carbocycles. The van der Waals surface area contributed by atoms with Crippen molar-refractivity contribution >= 4 is 33.0 Å². The molecule has 0 fully saturated rings. The minimum absolute atomic E-state index is 0.0706. The number of nitrogens with two attached hydrogens (primary N) is 1. The molecule has 0 radical (unpaired) electrons. The lowest BCUT2D eigenvalue weighted by atomic mass is 10.1. The van der Waals surface area contributed by atoms with Crippen LogP contribution >= 0.6 is 10.6 Å². The Kier molecular flexibility index (Phi) is 6.40. The minimum Gasteiger partial charge on any atom is -0.378 e. The van der Waals surface area contributed by atoms with E-state index in [1.807, 2.05) is 17.9 Å². The number of anilines is 2. The summed E-state index contributed by atoms with van der Waals surface area (Å²) in [6.45, 7) is -0.389. The molecule has 0 atom stereocenters. The molecule has 4 rings (SSSR count). The Morgan fingerprint density at radius 3 is 2.56 bits per heavy atom. The lowest BCUT2D eigenvalue weighted by molar-refractivity contribution is -0.193. The summed E-state index contributed by atoms with van der Waals surface area (Å²) in [5, 5.41) is 2.99. The molecule has 2 heterocycles. The highest BCUT2D eigenvalue weighted by Crippen LogP contribution is 2.51. The van der Waals surface area contributed by atoms with Crippen LogP contribution in [0.5, 0.6) is 0 Å². The molecule has 6 nitrogen and oxygen atoms in total. The van der Waals surface area contributed by atoms with E-state index in [0.29, 0.717) is 28.2 Å². The van der Waals surface area contributed by atoms with Gasteiger partial charge in [0.25, 0.3) is 0 Å². The van der Waals surface area contributed by atoms with E-state index in [2.05, 4.69) is 10.3 Å². The first-order valence-electron chi connectivity index (χ1n) is 10.6. The van der Waals surface area contributed by atoms with Gasteiger partial charge in [0.05, 0.1) is 29.3 Å². The molecule has 1 aromatic heterocycles. The Hall–Kier alpha value is -2.60. The molecule has 3 aromatic rings. The summed E-state index contributed by atoms with van der Waals surface area (Å²) >= 11 is 0. The Morgan fingerprint density at radius 1 is 1.09 bits per heavy atom. The van der Waals surface area contributed by atoms with Crippen molar-refractivity contribution in [2.45, 2.75) is 30.2 Å². The molecular formula is C23H26F4N4O2S. The molecule has 1 aliphatic rings. The van der Waals surface area contributed by atoms with Crippen LogP contribution in [-0.4, -0.2) is 51.3 Å². The van der Waals surface area contributed by atoms with Gasteiger partial charge in [0.15, 0.2) is 0 Å². The van der Waals surface area contributed by atoms with Crippen LogP contribution in [-0.2, 0) is 6.54 Å². The van der Waals surface area contributed by atoms with Crippen molar-refractivity contribution in [2.75, 3.05) is 35.6 Å². The Balaban J connectivity index is 1.73. The number of benzene rings is 2. The fourth-order valence-electron chi connectivity index (χ4n) is 3.90. The van der Waals surface area contributed by atoms with Crippen LogP contribution in [0.1, 0.15) is 11.1 Å². The van der Waals surface area contributed by atoms with E-state index in [4.69, 9.17) is 5.73 Å². The molecule has 11 heteroatoms. The number of rotatable bonds is 6. The van der Waals surface area contributed by atoms with Gasteiger partial charge in [-0.15, -0.1) is 0 Å². The van der Waals surface area contributed by atoms with Gasteiger partial charge in [0.1, 0.15) is 5.82 Å². The predicted octanol–water partition coefficient (Wildman–Crippen LogP) is 5.31. The number of fused-ring (bicyclic) bond motifs is 2. The van der Waals surface area contributed by atoms with E-state index in [9.17, 15) is 26.7 Å². The zero-order chi connectivity index (χ0) is 24.7. The van der Waals surface area contributed by atoms with Crippen LogP contribution in [0, 0.1) is 6.92 Å². The summed E-state index contributed by atoms with van der Waals surface area (Å²) in [6, 6.07) is 13.8. The first-order valence-corrected chi connectivity index (χ1v) is 12.3. The number of nitrogens with one attached hydrogen (secondary N) is 1. The van der Waals surface area contributed by atoms with E-state index in [1.165, 1.54) is 6.07 Å². The number of aryl methyl sites for hydroxylation is 1. The molecule has 0 unspecified atom stereocenters. The molecular weight excluding hydrogens is 472 g/mol. The van der Waals surface area contributed by atoms with Crippen LogP contribution in [0.4, 0.5) is 29.1 Å². The first-order chi connectivity index (χ1) is 15.9. The predicted molar refractivity (Wildman–Crippen MR) is 127 cm³/mol. The number of hydrogen-bond acceptors (Lipinski definition) is 6. The van der Waals surface area contributed by atoms with Gasteiger partial charge in [0, 0.05) is 30.2 Å². The van der Waals surface area contributed by atoms with Gasteiger partial charge in [-0.25, -0.2) is 4.98 Å². The molecule has 0 bridgehead atoms. The van der Waals surface area contributed by atoms with Crippen LogP contribution in [0.15, 0.2) is 53.4 Å². The number of halogens is 4. The number of aromatic nitrogens is 1. The summed E-state index contributed by atoms with van der Waals surface area (Å²) < 4.78 is 76.9. The molecule has 0 saturated carbocycles. The maximum atomic E-state index is 14.2. The average molecular weight is 499 g/mol. The fourth-order valence-corrected chi connectivity index (χ4v) is 5.44. The topological polar surface area (TPSA) is 94.6 Å². The van der Waals surface area contributed by atoms with E-state index in [-0.39, 0.29) is 18.0 Å². The van der Waals surface area contributed by atoms with Crippen molar-refractivity contribution in [3.63, 3.8) is 0 Å². The average Bonchev–Trinajstić information content (AvgIpc) is 2.93. The van der Waals surface area contributed by atoms with Crippen molar-refractivity contribution in [1.29, 1.82) is 0 Å². The fraction of sp³-hybridized carbons (Fsp3) is 0.348. The van der Waals surface area contributed by atoms with Gasteiger partial charge in [-0.1, -0.05) is 29.8 Å². The third-order valence-electron chi connectivity index (χ3n) is 5.90. The van der Waals surface area contributed by atoms with E-state index in [1.54, 1.807) is 36.4 Å². The summed E-state index contributed by atoms with van der Waals surface area (Å²) in [6.07, 6.45) is 0. The molecule has 184 valence electrons. The molecule has 5 N–H and O–H groups in total. The highest BCUT2D eigenvalue weighted by Gasteiger charge is 2.54. The van der Waals surface area contributed by atoms with Gasteiger partial charge < -0.3 is 16.0 Å². The normalized spacial score (nSPS) is 17.2. The lowest BCUT2D eigenvalue weighted by Gasteiger charge is -2.32. The van der Waals surface area contributed by atoms with E-state index >= 15 is 0 Å². The van der Waals surface area contributed by atoms with Crippen LogP contribution < -0.4 is 16.0 Å². The molecule has 0 saturated heterocycles. The largest absolute Gasteiger partial charge is 0.378 e. The lowest BCUT2D eigenvalue weighted by Crippen LogP contribution is -2.50. The Morgan fingerprint density at radius 2 is 1.82 bits per heavy atom. The molecule has 1 aliphatic heterocycles. The maximum Gasteiger partial charge on any atom is 0.328 e. The maximum absolute atomic E-state index is 14.2. The van der Waals surface area contributed by atoms with Gasteiger partial charge >= 0.3 is 11.8 Å². The summed E-state index contributed by atoms with van der Waals surface area (Å²) in [5.74, 6) is -8.25. The van der Waals surface area contributed by atoms with Gasteiger partial charge in [0.2, 0.25) is 0 Å². The smallest absolute Gasteiger partial charge is 0.328 e. The zero-order valence-electron chi connectivity index (χ0n) is 18.4. The minimum atomic E-state index is -4.36. The third-order valence-corrected chi connectivity index (χ3v) is 7.75. The second kappa shape index (κ2) is 8.88. The van der Waals surface area contributed by atoms with E-state index in [0.717, 1.165) is 11.1 Å². The summed E-state index contributed by atoms with van der Waals surface area (Å²) in [7, 11) is -3.01. The van der Waals surface area contributed by atoms with Gasteiger partial charge in [-0.05, 0) is 30.7 Å². The number of alkyl halides is 4. The molecule has 0 spiro atoms. The van der Waals surface area contributed by atoms with Crippen molar-refractivity contribution < 1.29 is 26.7 Å². The Labute approximate surface area is 196 Å². The summed E-state index contributed by atoms with van der Waals surface area (Å²) in [4.78, 5) is 6.93. The molecule has 0 amide bonds. The van der Waals surface area contributed by atoms with Crippen molar-refractivity contribution in [3.05, 3.63) is 59.7 Å². The monoisotopic (exact) mass is 498 g/mol. The van der Waals surface area contributed by atoms with Crippen LogP contribution in [0.3, 0.4) is 0 Å². The first kappa shape index (κ1) is 24.5. The highest BCUT2D eigenvalue weighted by atomic mass is 32.3. The number of nitrogens with zero attached hydrogens (tertiary/aromatic N) is 2. The van der Waals surface area contributed by atoms with Crippen LogP contribution in [0.2, 0.25) is 0 Å². The summed E-state index contributed by atoms with van der Waals surface area (Å²) in [5.41, 5.74) is 7.13.